The van der Waals surface area contributed by atoms with Gasteiger partial charge in [-0.1, -0.05) is 29.8 Å². The van der Waals surface area contributed by atoms with E-state index < -0.39 is 15.0 Å². The van der Waals surface area contributed by atoms with Crippen molar-refractivity contribution >= 4 is 45.3 Å². The number of amidine groups is 1. The van der Waals surface area contributed by atoms with Crippen molar-refractivity contribution in [2.45, 2.75) is 24.0 Å². The summed E-state index contributed by atoms with van der Waals surface area (Å²) in [6.45, 7) is 4.06. The second kappa shape index (κ2) is 6.67. The fourth-order valence-corrected chi connectivity index (χ4v) is 7.78. The summed E-state index contributed by atoms with van der Waals surface area (Å²) in [5.74, 6) is 2.08. The fourth-order valence-electron chi connectivity index (χ4n) is 4.15. The van der Waals surface area contributed by atoms with E-state index in [1.54, 1.807) is 30.6 Å². The maximum absolute atomic E-state index is 10.3. The standard InChI is InChI=1S/C18H19BrN4OS2/c1-4-25-18(26-5-2)17(10-21)14(16(17,9-20)15(22)23-18)12-8-11(19)6-7-13(12)24-3/h6-8,14H,4-5H2,1-3H3,(H2,22,23). The maximum Gasteiger partial charge on any atom is 0.175 e. The van der Waals surface area contributed by atoms with Crippen LogP contribution in [0, 0.1) is 33.5 Å². The Morgan fingerprint density at radius 1 is 1.27 bits per heavy atom. The first kappa shape index (κ1) is 19.4. The van der Waals surface area contributed by atoms with Crippen molar-refractivity contribution < 1.29 is 4.74 Å². The van der Waals surface area contributed by atoms with Crippen LogP contribution >= 0.6 is 39.5 Å². The first-order chi connectivity index (χ1) is 12.4. The molecule has 1 saturated carbocycles. The molecule has 1 fully saturated rings. The van der Waals surface area contributed by atoms with Crippen molar-refractivity contribution in [1.82, 2.24) is 0 Å². The van der Waals surface area contributed by atoms with Gasteiger partial charge in [0.15, 0.2) is 4.20 Å². The Balaban J connectivity index is 2.28. The molecule has 5 nitrogen and oxygen atoms in total. The van der Waals surface area contributed by atoms with Crippen LogP contribution in [-0.2, 0) is 0 Å². The van der Waals surface area contributed by atoms with E-state index in [1.807, 2.05) is 32.0 Å². The van der Waals surface area contributed by atoms with Crippen molar-refractivity contribution in [3.8, 4) is 17.9 Å². The minimum atomic E-state index is -1.12. The molecule has 0 amide bonds. The van der Waals surface area contributed by atoms with Gasteiger partial charge in [-0.25, -0.2) is 4.99 Å². The number of aliphatic imine (C=N–C) groups is 1. The number of ether oxygens (including phenoxy) is 1. The van der Waals surface area contributed by atoms with Crippen molar-refractivity contribution in [2.24, 2.45) is 21.6 Å². The highest BCUT2D eigenvalue weighted by molar-refractivity contribution is 9.10. The number of rotatable bonds is 6. The van der Waals surface area contributed by atoms with Crippen LogP contribution in [0.25, 0.3) is 0 Å². The Morgan fingerprint density at radius 2 is 1.92 bits per heavy atom. The molecule has 136 valence electrons. The molecule has 1 aromatic carbocycles. The SMILES string of the molecule is CCSC1(SCC)N=C(N)C2(C#N)C(c3cc(Br)ccc3OC)C12C#N. The van der Waals surface area contributed by atoms with Gasteiger partial charge in [-0.2, -0.15) is 10.5 Å². The highest BCUT2D eigenvalue weighted by atomic mass is 79.9. The van der Waals surface area contributed by atoms with Crippen LogP contribution in [0.5, 0.6) is 5.75 Å². The van der Waals surface area contributed by atoms with E-state index in [-0.39, 0.29) is 11.8 Å². The topological polar surface area (TPSA) is 95.2 Å². The maximum atomic E-state index is 10.3. The Labute approximate surface area is 170 Å². The van der Waals surface area contributed by atoms with Crippen molar-refractivity contribution in [3.05, 3.63) is 28.2 Å². The number of halogens is 1. The third-order valence-corrected chi connectivity index (χ3v) is 8.50. The summed E-state index contributed by atoms with van der Waals surface area (Å²) in [5.41, 5.74) is 4.99. The van der Waals surface area contributed by atoms with Crippen LogP contribution in [-0.4, -0.2) is 28.7 Å². The molecule has 0 spiro atoms. The van der Waals surface area contributed by atoms with Gasteiger partial charge in [-0.15, -0.1) is 23.5 Å². The van der Waals surface area contributed by atoms with Crippen LogP contribution in [0.1, 0.15) is 25.3 Å². The van der Waals surface area contributed by atoms with E-state index in [0.717, 1.165) is 21.5 Å². The quantitative estimate of drug-likeness (QED) is 0.655. The van der Waals surface area contributed by atoms with Gasteiger partial charge in [-0.05, 0) is 29.7 Å². The van der Waals surface area contributed by atoms with Crippen molar-refractivity contribution in [2.75, 3.05) is 18.6 Å². The normalized spacial score (nSPS) is 30.7. The molecule has 0 aromatic heterocycles. The molecule has 8 heteroatoms. The number of fused-ring (bicyclic) bond motifs is 1. The van der Waals surface area contributed by atoms with Gasteiger partial charge in [-0.3, -0.25) is 0 Å². The Bertz CT molecular complexity index is 856. The van der Waals surface area contributed by atoms with E-state index >= 15 is 0 Å². The molecule has 0 radical (unpaired) electrons. The molecule has 2 aliphatic rings. The summed E-state index contributed by atoms with van der Waals surface area (Å²) in [5, 5.41) is 20.5. The smallest absolute Gasteiger partial charge is 0.175 e. The van der Waals surface area contributed by atoms with Crippen LogP contribution < -0.4 is 10.5 Å². The van der Waals surface area contributed by atoms with E-state index in [0.29, 0.717) is 5.75 Å². The molecular weight excluding hydrogens is 432 g/mol. The number of nitriles is 2. The number of nitrogens with zero attached hydrogens (tertiary/aromatic N) is 3. The average Bonchev–Trinajstić information content (AvgIpc) is 3.20. The zero-order chi connectivity index (χ0) is 19.2. The van der Waals surface area contributed by atoms with Gasteiger partial charge in [0.25, 0.3) is 0 Å². The molecule has 3 atom stereocenters. The molecule has 1 aliphatic heterocycles. The molecule has 3 rings (SSSR count). The van der Waals surface area contributed by atoms with E-state index in [1.165, 1.54) is 0 Å². The Kier molecular flexibility index (Phi) is 4.98. The van der Waals surface area contributed by atoms with Gasteiger partial charge >= 0.3 is 0 Å². The number of benzene rings is 1. The van der Waals surface area contributed by atoms with E-state index in [2.05, 4.69) is 28.1 Å². The summed E-state index contributed by atoms with van der Waals surface area (Å²) >= 11 is 6.67. The first-order valence-electron chi connectivity index (χ1n) is 8.24. The molecule has 2 N–H and O–H groups in total. The second-order valence-corrected chi connectivity index (χ2v) is 10.2. The number of hydrogen-bond donors (Lipinski definition) is 1. The second-order valence-electron chi connectivity index (χ2n) is 6.10. The van der Waals surface area contributed by atoms with Crippen LogP contribution in [0.4, 0.5) is 0 Å². The molecule has 0 saturated heterocycles. The fraction of sp³-hybridized carbons (Fsp3) is 0.500. The summed E-state index contributed by atoms with van der Waals surface area (Å²) in [6, 6.07) is 10.5. The summed E-state index contributed by atoms with van der Waals surface area (Å²) in [7, 11) is 1.59. The lowest BCUT2D eigenvalue weighted by atomic mass is 9.97. The predicted molar refractivity (Wildman–Crippen MR) is 110 cm³/mol. The number of hydrogen-bond acceptors (Lipinski definition) is 7. The molecule has 26 heavy (non-hydrogen) atoms. The Hall–Kier alpha value is -1.35. The Morgan fingerprint density at radius 3 is 2.42 bits per heavy atom. The molecule has 0 bridgehead atoms. The number of methoxy groups -OCH3 is 1. The van der Waals surface area contributed by atoms with E-state index in [4.69, 9.17) is 15.5 Å². The third kappa shape index (κ3) is 2.13. The molecule has 1 heterocycles. The molecule has 1 aliphatic carbocycles. The highest BCUT2D eigenvalue weighted by Crippen LogP contribution is 2.85. The van der Waals surface area contributed by atoms with Gasteiger partial charge in [0.05, 0.1) is 19.2 Å². The molecule has 1 aromatic rings. The zero-order valence-corrected chi connectivity index (χ0v) is 18.0. The lowest BCUT2D eigenvalue weighted by Gasteiger charge is -2.31. The van der Waals surface area contributed by atoms with Crippen LogP contribution in [0.15, 0.2) is 27.7 Å². The third-order valence-electron chi connectivity index (χ3n) is 5.11. The summed E-state index contributed by atoms with van der Waals surface area (Å²) in [4.78, 5) is 4.69. The minimum absolute atomic E-state index is 0.260. The predicted octanol–water partition coefficient (Wildman–Crippen LogP) is 4.11. The van der Waals surface area contributed by atoms with Gasteiger partial charge in [0.1, 0.15) is 22.4 Å². The minimum Gasteiger partial charge on any atom is -0.496 e. The summed E-state index contributed by atoms with van der Waals surface area (Å²) in [6.07, 6.45) is 0. The lowest BCUT2D eigenvalue weighted by molar-refractivity contribution is 0.407. The van der Waals surface area contributed by atoms with Gasteiger partial charge in [0, 0.05) is 16.0 Å². The van der Waals surface area contributed by atoms with Crippen molar-refractivity contribution in [3.63, 3.8) is 0 Å². The molecular formula is C18H19BrN4OS2. The first-order valence-corrected chi connectivity index (χ1v) is 11.0. The lowest BCUT2D eigenvalue weighted by Crippen LogP contribution is -2.31. The largest absolute Gasteiger partial charge is 0.496 e. The summed E-state index contributed by atoms with van der Waals surface area (Å²) < 4.78 is 5.61. The average molecular weight is 451 g/mol. The number of thioether (sulfide) groups is 2. The number of nitrogens with two attached hydrogens (primary N) is 1. The van der Waals surface area contributed by atoms with Crippen LogP contribution in [0.2, 0.25) is 0 Å². The monoisotopic (exact) mass is 450 g/mol. The van der Waals surface area contributed by atoms with E-state index in [9.17, 15) is 10.5 Å². The van der Waals surface area contributed by atoms with Crippen molar-refractivity contribution in [1.29, 1.82) is 10.5 Å². The zero-order valence-electron chi connectivity index (χ0n) is 14.7. The molecule has 3 unspecified atom stereocenters. The van der Waals surface area contributed by atoms with Gasteiger partial charge in [0.2, 0.25) is 0 Å². The highest BCUT2D eigenvalue weighted by Gasteiger charge is 2.92. The van der Waals surface area contributed by atoms with Crippen LogP contribution in [0.3, 0.4) is 0 Å². The van der Waals surface area contributed by atoms with Gasteiger partial charge < -0.3 is 10.5 Å².